The molecule has 1 aliphatic rings. The summed E-state index contributed by atoms with van der Waals surface area (Å²) in [6.07, 6.45) is 0. The summed E-state index contributed by atoms with van der Waals surface area (Å²) < 4.78 is 0. The monoisotopic (exact) mass is 126 g/mol. The Kier molecular flexibility index (Phi) is 2.49. The molecule has 2 heteroatoms. The second-order valence-electron chi connectivity index (χ2n) is 2.88. The van der Waals surface area contributed by atoms with E-state index in [1.165, 1.54) is 0 Å². The lowest BCUT2D eigenvalue weighted by molar-refractivity contribution is 0.338. The van der Waals surface area contributed by atoms with E-state index in [1.54, 1.807) is 0 Å². The summed E-state index contributed by atoms with van der Waals surface area (Å²) in [6, 6.07) is 0. The third-order valence-corrected chi connectivity index (χ3v) is 1.33. The standard InChI is InChI=1S/C7H14N2/c1-7(2)5-9-4-3-8-6-9/h7-8H,3-5H2,1-2H3. The third kappa shape index (κ3) is 2.33. The van der Waals surface area contributed by atoms with Crippen LogP contribution in [0.3, 0.4) is 0 Å². The molecule has 1 saturated heterocycles. The first-order valence-corrected chi connectivity index (χ1v) is 3.52. The first kappa shape index (κ1) is 7.03. The van der Waals surface area contributed by atoms with E-state index >= 15 is 0 Å². The van der Waals surface area contributed by atoms with Crippen LogP contribution in [-0.4, -0.2) is 24.5 Å². The van der Waals surface area contributed by atoms with Crippen molar-refractivity contribution in [3.05, 3.63) is 6.67 Å². The molecule has 9 heavy (non-hydrogen) atoms. The lowest BCUT2D eigenvalue weighted by atomic mass is 10.2. The van der Waals surface area contributed by atoms with Gasteiger partial charge in [-0.2, -0.15) is 0 Å². The molecule has 0 aromatic carbocycles. The Morgan fingerprint density at radius 3 is 2.89 bits per heavy atom. The van der Waals surface area contributed by atoms with Gasteiger partial charge < -0.3 is 0 Å². The average Bonchev–Trinajstić information content (AvgIpc) is 2.15. The van der Waals surface area contributed by atoms with Gasteiger partial charge in [-0.25, -0.2) is 0 Å². The molecule has 0 amide bonds. The lowest BCUT2D eigenvalue weighted by Gasteiger charge is -2.14. The van der Waals surface area contributed by atoms with Crippen LogP contribution in [-0.2, 0) is 0 Å². The van der Waals surface area contributed by atoms with Crippen LogP contribution in [0.1, 0.15) is 13.8 Å². The zero-order valence-electron chi connectivity index (χ0n) is 6.15. The topological polar surface area (TPSA) is 15.3 Å². The minimum absolute atomic E-state index is 0.748. The van der Waals surface area contributed by atoms with E-state index in [0.717, 1.165) is 25.6 Å². The highest BCUT2D eigenvalue weighted by molar-refractivity contribution is 4.75. The van der Waals surface area contributed by atoms with Gasteiger partial charge in [0.15, 0.2) is 0 Å². The second kappa shape index (κ2) is 3.18. The van der Waals surface area contributed by atoms with Crippen LogP contribution in [0.25, 0.3) is 0 Å². The van der Waals surface area contributed by atoms with Gasteiger partial charge in [-0.3, -0.25) is 10.2 Å². The van der Waals surface area contributed by atoms with E-state index < -0.39 is 0 Å². The van der Waals surface area contributed by atoms with Crippen molar-refractivity contribution < 1.29 is 0 Å². The highest BCUT2D eigenvalue weighted by atomic mass is 15.3. The number of nitrogens with one attached hydrogen (secondary N) is 1. The van der Waals surface area contributed by atoms with Gasteiger partial charge in [0.05, 0.1) is 0 Å². The van der Waals surface area contributed by atoms with Gasteiger partial charge in [0, 0.05) is 19.6 Å². The van der Waals surface area contributed by atoms with Gasteiger partial charge in [0.2, 0.25) is 0 Å². The Hall–Kier alpha value is -0.0800. The van der Waals surface area contributed by atoms with Crippen molar-refractivity contribution in [1.82, 2.24) is 10.2 Å². The quantitative estimate of drug-likeness (QED) is 0.581. The van der Waals surface area contributed by atoms with Gasteiger partial charge >= 0.3 is 0 Å². The van der Waals surface area contributed by atoms with Crippen molar-refractivity contribution in [2.45, 2.75) is 13.8 Å². The molecule has 1 fully saturated rings. The first-order valence-electron chi connectivity index (χ1n) is 3.52. The molecular formula is C7H14N2. The Morgan fingerprint density at radius 2 is 2.44 bits per heavy atom. The molecular weight excluding hydrogens is 112 g/mol. The van der Waals surface area contributed by atoms with Crippen molar-refractivity contribution in [3.63, 3.8) is 0 Å². The molecule has 0 saturated carbocycles. The molecule has 2 radical (unpaired) electrons. The van der Waals surface area contributed by atoms with Crippen LogP contribution in [0.2, 0.25) is 0 Å². The fourth-order valence-electron chi connectivity index (χ4n) is 0.992. The van der Waals surface area contributed by atoms with Gasteiger partial charge in [-0.05, 0) is 5.92 Å². The first-order chi connectivity index (χ1) is 4.29. The predicted octanol–water partition coefficient (Wildman–Crippen LogP) is 0.544. The van der Waals surface area contributed by atoms with E-state index in [4.69, 9.17) is 0 Å². The van der Waals surface area contributed by atoms with Gasteiger partial charge in [0.25, 0.3) is 0 Å². The number of rotatable bonds is 2. The predicted molar refractivity (Wildman–Crippen MR) is 37.7 cm³/mol. The summed E-state index contributed by atoms with van der Waals surface area (Å²) in [5.74, 6) is 0.748. The van der Waals surface area contributed by atoms with Crippen molar-refractivity contribution in [3.8, 4) is 0 Å². The maximum atomic E-state index is 3.07. The van der Waals surface area contributed by atoms with Crippen molar-refractivity contribution in [2.75, 3.05) is 19.6 Å². The zero-order chi connectivity index (χ0) is 6.69. The number of hydrogen-bond donors (Lipinski definition) is 1. The van der Waals surface area contributed by atoms with Crippen LogP contribution in [0.15, 0.2) is 0 Å². The van der Waals surface area contributed by atoms with Gasteiger partial charge in [-0.1, -0.05) is 13.8 Å². The van der Waals surface area contributed by atoms with Crippen molar-refractivity contribution in [2.24, 2.45) is 5.92 Å². The highest BCUT2D eigenvalue weighted by Gasteiger charge is 2.12. The minimum atomic E-state index is 0.748. The van der Waals surface area contributed by atoms with E-state index in [-0.39, 0.29) is 0 Å². The molecule has 0 atom stereocenters. The summed E-state index contributed by atoms with van der Waals surface area (Å²) in [4.78, 5) is 2.20. The van der Waals surface area contributed by atoms with Crippen LogP contribution in [0, 0.1) is 12.6 Å². The molecule has 0 aliphatic carbocycles. The summed E-state index contributed by atoms with van der Waals surface area (Å²) in [5.41, 5.74) is 0. The van der Waals surface area contributed by atoms with E-state index in [0.29, 0.717) is 0 Å². The molecule has 1 rings (SSSR count). The maximum Gasteiger partial charge on any atom is 0.143 e. The highest BCUT2D eigenvalue weighted by Crippen LogP contribution is 2.01. The average molecular weight is 126 g/mol. The lowest BCUT2D eigenvalue weighted by Crippen LogP contribution is -2.22. The Labute approximate surface area is 57.2 Å². The molecule has 1 heterocycles. The molecule has 2 nitrogen and oxygen atoms in total. The Bertz CT molecular complexity index is 75.0. The molecule has 0 spiro atoms. The maximum absolute atomic E-state index is 3.07. The molecule has 1 N–H and O–H groups in total. The molecule has 0 unspecified atom stereocenters. The fraction of sp³-hybridized carbons (Fsp3) is 0.857. The van der Waals surface area contributed by atoms with Crippen LogP contribution in [0.5, 0.6) is 0 Å². The molecule has 0 aromatic rings. The summed E-state index contributed by atoms with van der Waals surface area (Å²) >= 11 is 0. The van der Waals surface area contributed by atoms with Gasteiger partial charge in [0.1, 0.15) is 6.67 Å². The molecule has 52 valence electrons. The molecule has 1 aliphatic heterocycles. The fourth-order valence-corrected chi connectivity index (χ4v) is 0.992. The van der Waals surface area contributed by atoms with E-state index in [9.17, 15) is 0 Å². The van der Waals surface area contributed by atoms with Gasteiger partial charge in [-0.15, -0.1) is 0 Å². The summed E-state index contributed by atoms with van der Waals surface area (Å²) in [5, 5.41) is 3.05. The minimum Gasteiger partial charge on any atom is -0.292 e. The van der Waals surface area contributed by atoms with Crippen LogP contribution < -0.4 is 5.32 Å². The normalized spacial score (nSPS) is 21.7. The summed E-state index contributed by atoms with van der Waals surface area (Å²) in [7, 11) is 0. The SMILES string of the molecule is CC(C)CN1[C]NCC1. The molecule has 0 aromatic heterocycles. The smallest absolute Gasteiger partial charge is 0.143 e. The van der Waals surface area contributed by atoms with E-state index in [1.807, 2.05) is 0 Å². The second-order valence-corrected chi connectivity index (χ2v) is 2.88. The number of hydrogen-bond acceptors (Lipinski definition) is 2. The Balaban J connectivity index is 2.11. The Morgan fingerprint density at radius 1 is 1.67 bits per heavy atom. The third-order valence-electron chi connectivity index (χ3n) is 1.33. The summed E-state index contributed by atoms with van der Waals surface area (Å²) in [6.45, 7) is 10.8. The number of nitrogens with zero attached hydrogens (tertiary/aromatic N) is 1. The molecule has 0 bridgehead atoms. The van der Waals surface area contributed by atoms with Crippen LogP contribution >= 0.6 is 0 Å². The largest absolute Gasteiger partial charge is 0.292 e. The van der Waals surface area contributed by atoms with Crippen molar-refractivity contribution >= 4 is 0 Å². The zero-order valence-corrected chi connectivity index (χ0v) is 6.15. The van der Waals surface area contributed by atoms with E-state index in [2.05, 4.69) is 30.7 Å². The van der Waals surface area contributed by atoms with Crippen LogP contribution in [0.4, 0.5) is 0 Å². The van der Waals surface area contributed by atoms with Crippen molar-refractivity contribution in [1.29, 1.82) is 0 Å².